The fourth-order valence-corrected chi connectivity index (χ4v) is 9.26. The van der Waals surface area contributed by atoms with E-state index in [0.29, 0.717) is 57.0 Å². The van der Waals surface area contributed by atoms with Crippen LogP contribution in [0.25, 0.3) is 0 Å². The number of carbonyl (C=O) groups excluding carboxylic acids is 2. The minimum absolute atomic E-state index is 0.0714. The van der Waals surface area contributed by atoms with Crippen LogP contribution in [-0.2, 0) is 19.1 Å². The van der Waals surface area contributed by atoms with Crippen LogP contribution in [0.4, 0.5) is 0 Å². The first-order valence-electron chi connectivity index (χ1n) is 26.7. The monoisotopic (exact) mass is 833 g/mol. The summed E-state index contributed by atoms with van der Waals surface area (Å²) in [5.74, 6) is 0.819. The molecule has 6 heteroatoms. The van der Waals surface area contributed by atoms with Crippen molar-refractivity contribution in [3.8, 4) is 0 Å². The molecule has 0 saturated carbocycles. The van der Waals surface area contributed by atoms with Crippen LogP contribution in [-0.4, -0.2) is 74.2 Å². The van der Waals surface area contributed by atoms with E-state index in [4.69, 9.17) is 9.47 Å². The number of nitrogens with zero attached hydrogens (tertiary/aromatic N) is 2. The number of carbonyl (C=O) groups is 2. The normalized spacial score (nSPS) is 15.6. The van der Waals surface area contributed by atoms with Gasteiger partial charge < -0.3 is 19.3 Å². The highest BCUT2D eigenvalue weighted by atomic mass is 16.5. The van der Waals surface area contributed by atoms with Gasteiger partial charge in [0, 0.05) is 19.1 Å². The Morgan fingerprint density at radius 1 is 0.492 bits per heavy atom. The van der Waals surface area contributed by atoms with E-state index in [1.165, 1.54) is 225 Å². The number of esters is 2. The number of unbranched alkanes of at least 4 members (excludes halogenated alkanes) is 24. The van der Waals surface area contributed by atoms with Crippen molar-refractivity contribution in [2.45, 2.75) is 271 Å². The summed E-state index contributed by atoms with van der Waals surface area (Å²) in [4.78, 5) is 31.3. The van der Waals surface area contributed by atoms with Crippen molar-refractivity contribution in [3.05, 3.63) is 0 Å². The molecule has 1 saturated heterocycles. The van der Waals surface area contributed by atoms with Crippen LogP contribution in [0.3, 0.4) is 0 Å². The number of hydrogen-bond acceptors (Lipinski definition) is 6. The topological polar surface area (TPSA) is 59.1 Å². The van der Waals surface area contributed by atoms with E-state index in [2.05, 4.69) is 44.5 Å². The molecule has 6 nitrogen and oxygen atoms in total. The molecule has 350 valence electrons. The van der Waals surface area contributed by atoms with Gasteiger partial charge in [0.05, 0.1) is 26.1 Å². The maximum atomic E-state index is 13.2. The number of ether oxygens (including phenoxy) is 2. The Bertz CT molecular complexity index is 854. The van der Waals surface area contributed by atoms with Gasteiger partial charge in [-0.3, -0.25) is 9.59 Å². The molecule has 0 aromatic heterocycles. The standard InChI is InChI=1S/C53H104N2O4/c1-6-10-14-18-22-24-28-32-37-49(35-30-26-20-16-12-8-3)47-58-52(56)41-45-55(44-40-51-39-34-43-54(51)5)46-42-53(57)59-48-50(36-31-27-21-17-13-9-4)38-33-29-25-23-19-15-11-7-2/h49-51H,6-48H2,1-5H3. The second kappa shape index (κ2) is 42.2. The molecule has 0 spiro atoms. The van der Waals surface area contributed by atoms with Gasteiger partial charge in [-0.25, -0.2) is 0 Å². The Hall–Kier alpha value is -1.14. The third-order valence-electron chi connectivity index (χ3n) is 13.5. The Morgan fingerprint density at radius 2 is 0.814 bits per heavy atom. The Balaban J connectivity index is 2.64. The van der Waals surface area contributed by atoms with E-state index >= 15 is 0 Å². The fourth-order valence-electron chi connectivity index (χ4n) is 9.26. The van der Waals surface area contributed by atoms with Gasteiger partial charge in [-0.2, -0.15) is 0 Å². The molecule has 1 aliphatic heterocycles. The summed E-state index contributed by atoms with van der Waals surface area (Å²) in [5, 5.41) is 0. The lowest BCUT2D eigenvalue weighted by Crippen LogP contribution is -2.35. The molecule has 0 aromatic rings. The third kappa shape index (κ3) is 35.1. The Labute approximate surface area is 369 Å². The predicted molar refractivity (Wildman–Crippen MR) is 255 cm³/mol. The minimum Gasteiger partial charge on any atom is -0.465 e. The maximum absolute atomic E-state index is 13.2. The first-order chi connectivity index (χ1) is 28.9. The van der Waals surface area contributed by atoms with Crippen LogP contribution in [0.2, 0.25) is 0 Å². The van der Waals surface area contributed by atoms with E-state index in [-0.39, 0.29) is 11.9 Å². The highest BCUT2D eigenvalue weighted by molar-refractivity contribution is 5.70. The van der Waals surface area contributed by atoms with Crippen LogP contribution >= 0.6 is 0 Å². The van der Waals surface area contributed by atoms with E-state index in [9.17, 15) is 9.59 Å². The van der Waals surface area contributed by atoms with Gasteiger partial charge in [-0.15, -0.1) is 0 Å². The highest BCUT2D eigenvalue weighted by Crippen LogP contribution is 2.23. The van der Waals surface area contributed by atoms with Crippen molar-refractivity contribution in [1.29, 1.82) is 0 Å². The van der Waals surface area contributed by atoms with Crippen LogP contribution < -0.4 is 0 Å². The molecular formula is C53H104N2O4. The first-order valence-corrected chi connectivity index (χ1v) is 26.7. The molecule has 0 N–H and O–H groups in total. The fraction of sp³-hybridized carbons (Fsp3) is 0.962. The molecule has 59 heavy (non-hydrogen) atoms. The summed E-state index contributed by atoms with van der Waals surface area (Å²) in [6.07, 6.45) is 46.2. The molecule has 0 aromatic carbocycles. The van der Waals surface area contributed by atoms with Gasteiger partial charge in [0.1, 0.15) is 0 Å². The van der Waals surface area contributed by atoms with Crippen molar-refractivity contribution in [1.82, 2.24) is 9.80 Å². The summed E-state index contributed by atoms with van der Waals surface area (Å²) in [5.41, 5.74) is 0. The lowest BCUT2D eigenvalue weighted by Gasteiger charge is -2.26. The van der Waals surface area contributed by atoms with Crippen LogP contribution in [0.15, 0.2) is 0 Å². The van der Waals surface area contributed by atoms with Crippen LogP contribution in [0.1, 0.15) is 265 Å². The summed E-state index contributed by atoms with van der Waals surface area (Å²) in [6.45, 7) is 13.7. The van der Waals surface area contributed by atoms with Gasteiger partial charge in [0.15, 0.2) is 0 Å². The van der Waals surface area contributed by atoms with E-state index < -0.39 is 0 Å². The smallest absolute Gasteiger partial charge is 0.307 e. The van der Waals surface area contributed by atoms with Gasteiger partial charge in [-0.1, -0.05) is 207 Å². The first kappa shape index (κ1) is 55.9. The summed E-state index contributed by atoms with van der Waals surface area (Å²) < 4.78 is 12.0. The number of rotatable bonds is 45. The van der Waals surface area contributed by atoms with Gasteiger partial charge in [0.25, 0.3) is 0 Å². The van der Waals surface area contributed by atoms with Crippen LogP contribution in [0.5, 0.6) is 0 Å². The van der Waals surface area contributed by atoms with Gasteiger partial charge in [0.2, 0.25) is 0 Å². The maximum Gasteiger partial charge on any atom is 0.307 e. The van der Waals surface area contributed by atoms with Crippen LogP contribution in [0, 0.1) is 11.8 Å². The van der Waals surface area contributed by atoms with E-state index in [0.717, 1.165) is 13.0 Å². The lowest BCUT2D eigenvalue weighted by molar-refractivity contribution is -0.145. The third-order valence-corrected chi connectivity index (χ3v) is 13.5. The Kier molecular flexibility index (Phi) is 39.9. The molecule has 0 radical (unpaired) electrons. The molecule has 1 rings (SSSR count). The number of likely N-dealkylation sites (tertiary alicyclic amines) is 1. The summed E-state index contributed by atoms with van der Waals surface area (Å²) in [6, 6.07) is 0.592. The largest absolute Gasteiger partial charge is 0.465 e. The van der Waals surface area contributed by atoms with Crippen molar-refractivity contribution in [2.75, 3.05) is 46.4 Å². The average Bonchev–Trinajstić information content (AvgIpc) is 3.66. The SMILES string of the molecule is CCCCCCCCCCC(CCCCCCCC)COC(=O)CCN(CCC(=O)OCC(CCCCCCCC)CCCCCCCCCC)CCC1CCCN1C. The van der Waals surface area contributed by atoms with Crippen molar-refractivity contribution in [3.63, 3.8) is 0 Å². The number of hydrogen-bond donors (Lipinski definition) is 0. The highest BCUT2D eigenvalue weighted by Gasteiger charge is 2.23. The molecule has 1 fully saturated rings. The van der Waals surface area contributed by atoms with Crippen molar-refractivity contribution < 1.29 is 19.1 Å². The van der Waals surface area contributed by atoms with E-state index in [1.807, 2.05) is 0 Å². The van der Waals surface area contributed by atoms with E-state index in [1.54, 1.807) is 0 Å². The summed E-state index contributed by atoms with van der Waals surface area (Å²) >= 11 is 0. The van der Waals surface area contributed by atoms with Crippen molar-refractivity contribution in [2.24, 2.45) is 11.8 Å². The molecule has 3 unspecified atom stereocenters. The molecule has 1 aliphatic rings. The Morgan fingerprint density at radius 3 is 1.12 bits per heavy atom. The zero-order chi connectivity index (χ0) is 42.9. The molecule has 3 atom stereocenters. The quantitative estimate of drug-likeness (QED) is 0.0450. The lowest BCUT2D eigenvalue weighted by atomic mass is 9.94. The molecule has 0 amide bonds. The van der Waals surface area contributed by atoms with Gasteiger partial charge in [-0.05, 0) is 76.9 Å². The second-order valence-corrected chi connectivity index (χ2v) is 19.1. The molecule has 0 bridgehead atoms. The second-order valence-electron chi connectivity index (χ2n) is 19.1. The zero-order valence-electron chi connectivity index (χ0n) is 40.7. The zero-order valence-corrected chi connectivity index (χ0v) is 40.7. The van der Waals surface area contributed by atoms with Crippen molar-refractivity contribution >= 4 is 11.9 Å². The minimum atomic E-state index is -0.0714. The predicted octanol–water partition coefficient (Wildman–Crippen LogP) is 15.4. The summed E-state index contributed by atoms with van der Waals surface area (Å²) in [7, 11) is 2.24. The average molecular weight is 833 g/mol. The molecule has 0 aliphatic carbocycles. The molecular weight excluding hydrogens is 729 g/mol. The molecule has 1 heterocycles. The van der Waals surface area contributed by atoms with Gasteiger partial charge >= 0.3 is 11.9 Å².